The number of rotatable bonds is 3. The lowest BCUT2D eigenvalue weighted by atomic mass is 9.85. The molecule has 0 radical (unpaired) electrons. The van der Waals surface area contributed by atoms with Gasteiger partial charge in [0.2, 0.25) is 0 Å². The van der Waals surface area contributed by atoms with Gasteiger partial charge in [-0.1, -0.05) is 81.5 Å². The highest BCUT2D eigenvalue weighted by molar-refractivity contribution is 6.04. The van der Waals surface area contributed by atoms with Crippen molar-refractivity contribution >= 4 is 11.1 Å². The molecule has 2 aromatic rings. The molecule has 0 aliphatic carbocycles. The third-order valence-electron chi connectivity index (χ3n) is 4.38. The Morgan fingerprint density at radius 2 is 1.57 bits per heavy atom. The largest absolute Gasteiger partial charge is 0.0905 e. The number of hydrogen-bond donors (Lipinski definition) is 0. The second-order valence-electron chi connectivity index (χ2n) is 7.33. The Labute approximate surface area is 141 Å². The fourth-order valence-corrected chi connectivity index (χ4v) is 2.96. The van der Waals surface area contributed by atoms with Crippen LogP contribution in [-0.2, 0) is 5.41 Å². The summed E-state index contributed by atoms with van der Waals surface area (Å²) in [5, 5.41) is 0. The van der Waals surface area contributed by atoms with Gasteiger partial charge in [0.05, 0.1) is 0 Å². The lowest BCUT2D eigenvalue weighted by Crippen LogP contribution is -2.10. The first-order valence-corrected chi connectivity index (χ1v) is 8.28. The zero-order chi connectivity index (χ0) is 17.2. The number of benzene rings is 2. The molecule has 0 fully saturated rings. The summed E-state index contributed by atoms with van der Waals surface area (Å²) in [5.74, 6) is 0. The molecule has 0 spiro atoms. The fraction of sp³-hybridized carbons (Fsp3) is 0.304. The summed E-state index contributed by atoms with van der Waals surface area (Å²) in [5.41, 5.74) is 8.85. The van der Waals surface area contributed by atoms with Crippen LogP contribution in [0, 0.1) is 13.8 Å². The Morgan fingerprint density at radius 3 is 2.04 bits per heavy atom. The summed E-state index contributed by atoms with van der Waals surface area (Å²) in [6, 6.07) is 15.4. The van der Waals surface area contributed by atoms with Crippen molar-refractivity contribution in [3.63, 3.8) is 0 Å². The van der Waals surface area contributed by atoms with Gasteiger partial charge in [-0.05, 0) is 59.6 Å². The second-order valence-corrected chi connectivity index (χ2v) is 7.33. The smallest absolute Gasteiger partial charge is 0.0132 e. The highest BCUT2D eigenvalue weighted by atomic mass is 14.2. The average molecular weight is 304 g/mol. The summed E-state index contributed by atoms with van der Waals surface area (Å²) in [7, 11) is 0. The summed E-state index contributed by atoms with van der Waals surface area (Å²) < 4.78 is 0. The van der Waals surface area contributed by atoms with E-state index in [9.17, 15) is 0 Å². The van der Waals surface area contributed by atoms with E-state index >= 15 is 0 Å². The van der Waals surface area contributed by atoms with Crippen molar-refractivity contribution < 1.29 is 0 Å². The third kappa shape index (κ3) is 3.82. The first-order valence-electron chi connectivity index (χ1n) is 8.28. The molecule has 0 nitrogen and oxygen atoms in total. The van der Waals surface area contributed by atoms with Crippen molar-refractivity contribution in [1.29, 1.82) is 0 Å². The van der Waals surface area contributed by atoms with Crippen LogP contribution in [0.15, 0.2) is 55.1 Å². The molecule has 0 amide bonds. The fourth-order valence-electron chi connectivity index (χ4n) is 2.96. The lowest BCUT2D eigenvalue weighted by molar-refractivity contribution is 0.590. The van der Waals surface area contributed by atoms with E-state index in [0.717, 1.165) is 5.57 Å². The van der Waals surface area contributed by atoms with Gasteiger partial charge in [0.1, 0.15) is 0 Å². The van der Waals surface area contributed by atoms with Crippen molar-refractivity contribution in [3.05, 3.63) is 82.9 Å². The maximum absolute atomic E-state index is 4.37. The van der Waals surface area contributed by atoms with Gasteiger partial charge in [-0.15, -0.1) is 0 Å². The molecule has 2 rings (SSSR count). The van der Waals surface area contributed by atoms with Gasteiger partial charge in [0.25, 0.3) is 0 Å². The third-order valence-corrected chi connectivity index (χ3v) is 4.38. The van der Waals surface area contributed by atoms with E-state index in [-0.39, 0.29) is 5.41 Å². The van der Waals surface area contributed by atoms with Crippen LogP contribution >= 0.6 is 0 Å². The van der Waals surface area contributed by atoms with Gasteiger partial charge in [-0.25, -0.2) is 0 Å². The van der Waals surface area contributed by atoms with E-state index < -0.39 is 0 Å². The number of allylic oxidation sites excluding steroid dienone is 3. The predicted octanol–water partition coefficient (Wildman–Crippen LogP) is 6.72. The number of hydrogen-bond acceptors (Lipinski definition) is 0. The zero-order valence-corrected chi connectivity index (χ0v) is 15.3. The van der Waals surface area contributed by atoms with Gasteiger partial charge in [0, 0.05) is 0 Å². The van der Waals surface area contributed by atoms with Crippen molar-refractivity contribution in [3.8, 4) is 0 Å². The van der Waals surface area contributed by atoms with Crippen LogP contribution in [0.4, 0.5) is 0 Å². The predicted molar refractivity (Wildman–Crippen MR) is 104 cm³/mol. The van der Waals surface area contributed by atoms with Gasteiger partial charge in [-0.2, -0.15) is 0 Å². The maximum Gasteiger partial charge on any atom is -0.0132 e. The van der Waals surface area contributed by atoms with Crippen molar-refractivity contribution in [2.24, 2.45) is 0 Å². The SMILES string of the molecule is C=C(/C(=C\C)c1ccc(C(C)(C)C)cc1)c1ccc(C)cc1C. The van der Waals surface area contributed by atoms with Crippen LogP contribution in [0.3, 0.4) is 0 Å². The molecule has 0 unspecified atom stereocenters. The van der Waals surface area contributed by atoms with E-state index in [1.54, 1.807) is 0 Å². The Hall–Kier alpha value is -2.08. The van der Waals surface area contributed by atoms with Crippen molar-refractivity contribution in [1.82, 2.24) is 0 Å². The molecule has 0 N–H and O–H groups in total. The van der Waals surface area contributed by atoms with Crippen LogP contribution in [-0.4, -0.2) is 0 Å². The molecule has 0 heteroatoms. The van der Waals surface area contributed by atoms with Crippen LogP contribution < -0.4 is 0 Å². The molecule has 0 aliphatic rings. The molecule has 0 saturated heterocycles. The van der Waals surface area contributed by atoms with Gasteiger partial charge >= 0.3 is 0 Å². The normalized spacial score (nSPS) is 12.3. The second kappa shape index (κ2) is 6.58. The first-order chi connectivity index (χ1) is 10.7. The van der Waals surface area contributed by atoms with Gasteiger partial charge in [-0.3, -0.25) is 0 Å². The molecule has 2 aromatic carbocycles. The molecular formula is C23H28. The molecule has 0 aliphatic heterocycles. The summed E-state index contributed by atoms with van der Waals surface area (Å²) in [6.45, 7) is 17.5. The van der Waals surface area contributed by atoms with E-state index in [4.69, 9.17) is 0 Å². The van der Waals surface area contributed by atoms with E-state index in [1.807, 2.05) is 0 Å². The number of aryl methyl sites for hydroxylation is 2. The minimum atomic E-state index is 0.180. The quantitative estimate of drug-likeness (QED) is 0.552. The molecule has 0 heterocycles. The Kier molecular flexibility index (Phi) is 4.94. The van der Waals surface area contributed by atoms with Crippen LogP contribution in [0.5, 0.6) is 0 Å². The summed E-state index contributed by atoms with van der Waals surface area (Å²) in [6.07, 6.45) is 2.16. The Balaban J connectivity index is 2.38. The minimum absolute atomic E-state index is 0.180. The Bertz CT molecular complexity index is 735. The monoisotopic (exact) mass is 304 g/mol. The molecule has 23 heavy (non-hydrogen) atoms. The molecule has 0 saturated carbocycles. The average Bonchev–Trinajstić information content (AvgIpc) is 2.47. The molecule has 0 bridgehead atoms. The topological polar surface area (TPSA) is 0 Å². The Morgan fingerprint density at radius 1 is 0.957 bits per heavy atom. The van der Waals surface area contributed by atoms with Crippen LogP contribution in [0.2, 0.25) is 0 Å². The van der Waals surface area contributed by atoms with Crippen LogP contribution in [0.25, 0.3) is 11.1 Å². The van der Waals surface area contributed by atoms with Gasteiger partial charge in [0.15, 0.2) is 0 Å². The van der Waals surface area contributed by atoms with Crippen molar-refractivity contribution in [2.75, 3.05) is 0 Å². The summed E-state index contributed by atoms with van der Waals surface area (Å²) in [4.78, 5) is 0. The maximum atomic E-state index is 4.37. The molecular weight excluding hydrogens is 276 g/mol. The first kappa shape index (κ1) is 17.3. The molecule has 0 atom stereocenters. The standard InChI is InChI=1S/C23H28/c1-8-21(18(4)22-14-9-16(2)15-17(22)3)19-10-12-20(13-11-19)23(5,6)7/h8-15H,4H2,1-3,5-7H3/b21-8+. The van der Waals surface area contributed by atoms with Crippen LogP contribution in [0.1, 0.15) is 55.5 Å². The molecule has 120 valence electrons. The van der Waals surface area contributed by atoms with E-state index in [2.05, 4.69) is 96.7 Å². The van der Waals surface area contributed by atoms with E-state index in [1.165, 1.54) is 33.4 Å². The van der Waals surface area contributed by atoms with E-state index in [0.29, 0.717) is 0 Å². The van der Waals surface area contributed by atoms with Crippen molar-refractivity contribution in [2.45, 2.75) is 47.0 Å². The highest BCUT2D eigenvalue weighted by Crippen LogP contribution is 2.33. The summed E-state index contributed by atoms with van der Waals surface area (Å²) >= 11 is 0. The lowest BCUT2D eigenvalue weighted by Gasteiger charge is -2.20. The minimum Gasteiger partial charge on any atom is -0.0905 e. The molecule has 0 aromatic heterocycles. The highest BCUT2D eigenvalue weighted by Gasteiger charge is 2.15. The zero-order valence-electron chi connectivity index (χ0n) is 15.3. The van der Waals surface area contributed by atoms with Gasteiger partial charge < -0.3 is 0 Å².